The average molecular weight is 191 g/mol. The van der Waals surface area contributed by atoms with Crippen LogP contribution in [0, 0.1) is 0 Å². The summed E-state index contributed by atoms with van der Waals surface area (Å²) in [5.74, 6) is 0.307. The van der Waals surface area contributed by atoms with Gasteiger partial charge in [0, 0.05) is 6.42 Å². The standard InChI is InChI=1S/C8H13ClO.C2H6/c1-2-3-4-5-6-8(10)7-9;1-2/h2-3H,4-7H2,1H3;1-2H3/b3-2-;. The van der Waals surface area contributed by atoms with Crippen LogP contribution in [0.5, 0.6) is 0 Å². The number of carbonyl (C=O) groups excluding carboxylic acids is 1. The number of rotatable bonds is 5. The van der Waals surface area contributed by atoms with E-state index in [0.717, 1.165) is 12.8 Å². The Morgan fingerprint density at radius 2 is 2.00 bits per heavy atom. The minimum Gasteiger partial charge on any atom is -0.298 e. The van der Waals surface area contributed by atoms with Crippen molar-refractivity contribution in [1.29, 1.82) is 0 Å². The molecule has 0 aromatic rings. The summed E-state index contributed by atoms with van der Waals surface area (Å²) in [6.45, 7) is 5.98. The van der Waals surface area contributed by atoms with Crippen LogP contribution in [0.25, 0.3) is 0 Å². The number of hydrogen-bond acceptors (Lipinski definition) is 1. The molecule has 0 fully saturated rings. The lowest BCUT2D eigenvalue weighted by Crippen LogP contribution is -1.97. The zero-order valence-corrected chi connectivity index (χ0v) is 9.03. The Morgan fingerprint density at radius 1 is 1.42 bits per heavy atom. The minimum absolute atomic E-state index is 0.145. The predicted octanol–water partition coefficient (Wildman–Crippen LogP) is 3.57. The molecule has 0 aromatic heterocycles. The first-order valence-corrected chi connectivity index (χ1v) is 5.03. The topological polar surface area (TPSA) is 17.1 Å². The molecule has 0 spiro atoms. The summed E-state index contributed by atoms with van der Waals surface area (Å²) in [5, 5.41) is 0. The van der Waals surface area contributed by atoms with Gasteiger partial charge in [0.1, 0.15) is 5.78 Å². The molecule has 0 rings (SSSR count). The minimum atomic E-state index is 0.145. The molecule has 0 unspecified atom stereocenters. The van der Waals surface area contributed by atoms with E-state index in [1.54, 1.807) is 0 Å². The van der Waals surface area contributed by atoms with E-state index in [1.807, 2.05) is 26.8 Å². The Labute approximate surface area is 80.8 Å². The maximum absolute atomic E-state index is 10.6. The van der Waals surface area contributed by atoms with Crippen molar-refractivity contribution >= 4 is 17.4 Å². The molecular formula is C10H19ClO. The fraction of sp³-hybridized carbons (Fsp3) is 0.700. The zero-order valence-electron chi connectivity index (χ0n) is 8.27. The Bertz CT molecular complexity index is 119. The van der Waals surface area contributed by atoms with Crippen molar-refractivity contribution in [3.63, 3.8) is 0 Å². The molecule has 0 bridgehead atoms. The normalized spacial score (nSPS) is 9.33. The van der Waals surface area contributed by atoms with Gasteiger partial charge in [-0.1, -0.05) is 26.0 Å². The highest BCUT2D eigenvalue weighted by atomic mass is 35.5. The SMILES string of the molecule is C/C=C\CCCC(=O)CCl.CC. The number of unbranched alkanes of at least 4 members (excludes halogenated alkanes) is 1. The average Bonchev–Trinajstić information content (AvgIpc) is 2.15. The molecule has 0 atom stereocenters. The lowest BCUT2D eigenvalue weighted by atomic mass is 10.2. The molecule has 0 aromatic carbocycles. The molecule has 2 heteroatoms. The van der Waals surface area contributed by atoms with E-state index < -0.39 is 0 Å². The van der Waals surface area contributed by atoms with Gasteiger partial charge < -0.3 is 0 Å². The molecule has 0 aliphatic rings. The van der Waals surface area contributed by atoms with Crippen molar-refractivity contribution in [3.05, 3.63) is 12.2 Å². The molecule has 0 aliphatic heterocycles. The fourth-order valence-corrected chi connectivity index (χ4v) is 0.784. The Hall–Kier alpha value is -0.300. The van der Waals surface area contributed by atoms with E-state index in [2.05, 4.69) is 6.08 Å². The zero-order chi connectivity index (χ0) is 9.82. The molecule has 0 heterocycles. The van der Waals surface area contributed by atoms with Gasteiger partial charge in [0.15, 0.2) is 0 Å². The maximum Gasteiger partial charge on any atom is 0.147 e. The third kappa shape index (κ3) is 12.4. The van der Waals surface area contributed by atoms with E-state index in [0.29, 0.717) is 6.42 Å². The van der Waals surface area contributed by atoms with Crippen LogP contribution in [0.3, 0.4) is 0 Å². The first-order valence-electron chi connectivity index (χ1n) is 4.50. The van der Waals surface area contributed by atoms with Crippen LogP contribution in [0.1, 0.15) is 40.0 Å². The maximum atomic E-state index is 10.6. The van der Waals surface area contributed by atoms with E-state index in [4.69, 9.17) is 11.6 Å². The van der Waals surface area contributed by atoms with Crippen LogP contribution in [0.4, 0.5) is 0 Å². The van der Waals surface area contributed by atoms with E-state index in [-0.39, 0.29) is 11.7 Å². The third-order valence-electron chi connectivity index (χ3n) is 1.21. The summed E-state index contributed by atoms with van der Waals surface area (Å²) in [5.41, 5.74) is 0. The summed E-state index contributed by atoms with van der Waals surface area (Å²) in [4.78, 5) is 10.6. The molecule has 0 aliphatic carbocycles. The van der Waals surface area contributed by atoms with Gasteiger partial charge in [0.05, 0.1) is 5.88 Å². The van der Waals surface area contributed by atoms with Gasteiger partial charge in [-0.15, -0.1) is 11.6 Å². The number of halogens is 1. The van der Waals surface area contributed by atoms with Gasteiger partial charge in [-0.2, -0.15) is 0 Å². The molecule has 0 radical (unpaired) electrons. The Morgan fingerprint density at radius 3 is 2.42 bits per heavy atom. The third-order valence-corrected chi connectivity index (χ3v) is 1.51. The van der Waals surface area contributed by atoms with E-state index in [1.165, 1.54) is 0 Å². The second-order valence-electron chi connectivity index (χ2n) is 2.13. The smallest absolute Gasteiger partial charge is 0.147 e. The van der Waals surface area contributed by atoms with Crippen molar-refractivity contribution in [2.45, 2.75) is 40.0 Å². The quantitative estimate of drug-likeness (QED) is 0.368. The van der Waals surface area contributed by atoms with Crippen LogP contribution < -0.4 is 0 Å². The van der Waals surface area contributed by atoms with E-state index in [9.17, 15) is 4.79 Å². The summed E-state index contributed by atoms with van der Waals surface area (Å²) in [6, 6.07) is 0. The monoisotopic (exact) mass is 190 g/mol. The van der Waals surface area contributed by atoms with Crippen molar-refractivity contribution < 1.29 is 4.79 Å². The van der Waals surface area contributed by atoms with Gasteiger partial charge in [0.2, 0.25) is 0 Å². The number of alkyl halides is 1. The van der Waals surface area contributed by atoms with Gasteiger partial charge in [-0.3, -0.25) is 4.79 Å². The first kappa shape index (κ1) is 14.2. The van der Waals surface area contributed by atoms with Gasteiger partial charge in [-0.25, -0.2) is 0 Å². The first-order chi connectivity index (χ1) is 5.81. The number of ketones is 1. The fourth-order valence-electron chi connectivity index (χ4n) is 0.651. The van der Waals surface area contributed by atoms with Crippen molar-refractivity contribution in [2.24, 2.45) is 0 Å². The van der Waals surface area contributed by atoms with Gasteiger partial charge in [0.25, 0.3) is 0 Å². The molecule has 0 saturated carbocycles. The number of allylic oxidation sites excluding steroid dienone is 2. The summed E-state index contributed by atoms with van der Waals surface area (Å²) in [7, 11) is 0. The molecule has 0 N–H and O–H groups in total. The molecule has 1 nitrogen and oxygen atoms in total. The van der Waals surface area contributed by atoms with Crippen LogP contribution >= 0.6 is 11.6 Å². The van der Waals surface area contributed by atoms with Crippen molar-refractivity contribution in [3.8, 4) is 0 Å². The second-order valence-corrected chi connectivity index (χ2v) is 2.40. The molecule has 72 valence electrons. The number of carbonyl (C=O) groups is 1. The molecule has 0 saturated heterocycles. The van der Waals surface area contributed by atoms with Gasteiger partial charge >= 0.3 is 0 Å². The Balaban J connectivity index is 0. The Kier molecular flexibility index (Phi) is 15.8. The summed E-state index contributed by atoms with van der Waals surface area (Å²) >= 11 is 5.30. The van der Waals surface area contributed by atoms with Crippen LogP contribution in [-0.4, -0.2) is 11.7 Å². The lowest BCUT2D eigenvalue weighted by Gasteiger charge is -1.91. The summed E-state index contributed by atoms with van der Waals surface area (Å²) in [6.07, 6.45) is 6.58. The highest BCUT2D eigenvalue weighted by molar-refractivity contribution is 6.27. The van der Waals surface area contributed by atoms with Crippen LogP contribution in [0.15, 0.2) is 12.2 Å². The molecule has 12 heavy (non-hydrogen) atoms. The molecular weight excluding hydrogens is 172 g/mol. The number of Topliss-reactive ketones (excluding diaryl/α,β-unsaturated/α-hetero) is 1. The highest BCUT2D eigenvalue weighted by Gasteiger charge is 1.96. The predicted molar refractivity (Wildman–Crippen MR) is 55.7 cm³/mol. The molecule has 0 amide bonds. The second kappa shape index (κ2) is 13.3. The van der Waals surface area contributed by atoms with Crippen LogP contribution in [-0.2, 0) is 4.79 Å². The van der Waals surface area contributed by atoms with E-state index >= 15 is 0 Å². The van der Waals surface area contributed by atoms with Crippen molar-refractivity contribution in [1.82, 2.24) is 0 Å². The number of hydrogen-bond donors (Lipinski definition) is 0. The highest BCUT2D eigenvalue weighted by Crippen LogP contribution is 1.98. The lowest BCUT2D eigenvalue weighted by molar-refractivity contribution is -0.116. The summed E-state index contributed by atoms with van der Waals surface area (Å²) < 4.78 is 0. The van der Waals surface area contributed by atoms with Gasteiger partial charge in [-0.05, 0) is 19.8 Å². The van der Waals surface area contributed by atoms with Crippen LogP contribution in [0.2, 0.25) is 0 Å². The van der Waals surface area contributed by atoms with Crippen molar-refractivity contribution in [2.75, 3.05) is 5.88 Å². The largest absolute Gasteiger partial charge is 0.298 e.